The largest absolute Gasteiger partial charge is 0.390 e. The minimum absolute atomic E-state index is 0.0115. The third kappa shape index (κ3) is 5.43. The van der Waals surface area contributed by atoms with E-state index in [1.807, 2.05) is 37.3 Å². The zero-order valence-electron chi connectivity index (χ0n) is 17.0. The van der Waals surface area contributed by atoms with Gasteiger partial charge in [0, 0.05) is 10.3 Å². The van der Waals surface area contributed by atoms with Gasteiger partial charge >= 0.3 is 0 Å². The van der Waals surface area contributed by atoms with Crippen LogP contribution in [-0.2, 0) is 25.6 Å². The lowest BCUT2D eigenvalue weighted by Gasteiger charge is -2.32. The summed E-state index contributed by atoms with van der Waals surface area (Å²) >= 11 is 0. The molecule has 1 aliphatic rings. The number of hydrogen-bond acceptors (Lipinski definition) is 7. The van der Waals surface area contributed by atoms with Crippen molar-refractivity contribution in [2.24, 2.45) is 10.5 Å². The van der Waals surface area contributed by atoms with E-state index in [-0.39, 0.29) is 24.5 Å². The molecule has 1 aliphatic carbocycles. The monoisotopic (exact) mass is 447 g/mol. The molecule has 0 aliphatic heterocycles. The molecule has 10 heteroatoms. The molecule has 3 rings (SSSR count). The highest BCUT2D eigenvalue weighted by Gasteiger charge is 2.53. The van der Waals surface area contributed by atoms with Crippen molar-refractivity contribution in [2.45, 2.75) is 43.1 Å². The van der Waals surface area contributed by atoms with E-state index in [1.165, 1.54) is 12.1 Å². The first-order chi connectivity index (χ1) is 14.8. The summed E-state index contributed by atoms with van der Waals surface area (Å²) in [7, 11) is -4.10. The Balaban J connectivity index is 1.78. The van der Waals surface area contributed by atoms with E-state index < -0.39 is 40.4 Å². The van der Waals surface area contributed by atoms with Crippen LogP contribution < -0.4 is 0 Å². The summed E-state index contributed by atoms with van der Waals surface area (Å²) in [5.74, 6) is 0. The minimum Gasteiger partial charge on any atom is -0.390 e. The van der Waals surface area contributed by atoms with Gasteiger partial charge in [-0.2, -0.15) is 8.42 Å². The van der Waals surface area contributed by atoms with Crippen LogP contribution in [0.3, 0.4) is 0 Å². The Morgan fingerprint density at radius 3 is 2.45 bits per heavy atom. The molecule has 1 saturated carbocycles. The highest BCUT2D eigenvalue weighted by molar-refractivity contribution is 7.86. The van der Waals surface area contributed by atoms with E-state index in [0.717, 1.165) is 11.1 Å². The van der Waals surface area contributed by atoms with Gasteiger partial charge in [-0.25, -0.2) is 0 Å². The van der Waals surface area contributed by atoms with E-state index >= 15 is 0 Å². The summed E-state index contributed by atoms with van der Waals surface area (Å²) in [5, 5.41) is 24.6. The van der Waals surface area contributed by atoms with Crippen LogP contribution in [0.5, 0.6) is 0 Å². The van der Waals surface area contributed by atoms with Crippen molar-refractivity contribution in [1.82, 2.24) is 0 Å². The second-order valence-electron chi connectivity index (χ2n) is 7.78. The summed E-state index contributed by atoms with van der Waals surface area (Å²) in [6.45, 7) is 1.53. The fraction of sp³-hybridized carbons (Fsp3) is 0.429. The minimum atomic E-state index is -4.10. The molecule has 2 aromatic carbocycles. The van der Waals surface area contributed by atoms with Crippen molar-refractivity contribution in [3.8, 4) is 0 Å². The Labute approximate surface area is 181 Å². The molecule has 166 valence electrons. The van der Waals surface area contributed by atoms with Crippen LogP contribution >= 0.6 is 0 Å². The highest BCUT2D eigenvalue weighted by Crippen LogP contribution is 2.42. The SMILES string of the molecule is Cc1ccc(S(=O)(=O)OCC2(COCc3ccccc3)CC(N=[N+]=[N-])C(O)C2O)cc1. The number of ether oxygens (including phenoxy) is 1. The van der Waals surface area contributed by atoms with Crippen molar-refractivity contribution in [1.29, 1.82) is 0 Å². The van der Waals surface area contributed by atoms with E-state index in [2.05, 4.69) is 10.0 Å². The van der Waals surface area contributed by atoms with Gasteiger partial charge in [-0.05, 0) is 36.6 Å². The van der Waals surface area contributed by atoms with Gasteiger partial charge in [0.05, 0.1) is 43.0 Å². The van der Waals surface area contributed by atoms with Crippen molar-refractivity contribution in [2.75, 3.05) is 13.2 Å². The van der Waals surface area contributed by atoms with Crippen molar-refractivity contribution in [3.63, 3.8) is 0 Å². The normalized spacial score (nSPS) is 25.8. The number of azide groups is 1. The molecule has 0 radical (unpaired) electrons. The Morgan fingerprint density at radius 1 is 1.13 bits per heavy atom. The van der Waals surface area contributed by atoms with Crippen molar-refractivity contribution >= 4 is 10.1 Å². The summed E-state index contributed by atoms with van der Waals surface area (Å²) in [6, 6.07) is 14.6. The molecule has 2 N–H and O–H groups in total. The molecule has 4 unspecified atom stereocenters. The fourth-order valence-corrected chi connectivity index (χ4v) is 4.65. The first-order valence-corrected chi connectivity index (χ1v) is 11.2. The summed E-state index contributed by atoms with van der Waals surface area (Å²) in [5.41, 5.74) is 9.28. The molecular weight excluding hydrogens is 422 g/mol. The molecule has 4 atom stereocenters. The fourth-order valence-electron chi connectivity index (χ4n) is 3.65. The smallest absolute Gasteiger partial charge is 0.296 e. The topological polar surface area (TPSA) is 142 Å². The quantitative estimate of drug-likeness (QED) is 0.262. The number of hydrogen-bond donors (Lipinski definition) is 2. The van der Waals surface area contributed by atoms with E-state index in [0.29, 0.717) is 0 Å². The average molecular weight is 448 g/mol. The number of aryl methyl sites for hydroxylation is 1. The Morgan fingerprint density at radius 2 is 1.81 bits per heavy atom. The molecule has 0 bridgehead atoms. The molecule has 1 fully saturated rings. The second-order valence-corrected chi connectivity index (χ2v) is 9.40. The van der Waals surface area contributed by atoms with Crippen molar-refractivity contribution in [3.05, 3.63) is 76.2 Å². The van der Waals surface area contributed by atoms with Gasteiger partial charge < -0.3 is 14.9 Å². The second kappa shape index (κ2) is 9.78. The van der Waals surface area contributed by atoms with E-state index in [4.69, 9.17) is 14.5 Å². The summed E-state index contributed by atoms with van der Waals surface area (Å²) in [6.07, 6.45) is -2.74. The van der Waals surface area contributed by atoms with Crippen LogP contribution in [0.15, 0.2) is 64.6 Å². The maximum atomic E-state index is 12.6. The lowest BCUT2D eigenvalue weighted by Crippen LogP contribution is -2.43. The Bertz CT molecular complexity index is 1020. The number of nitrogens with zero attached hydrogens (tertiary/aromatic N) is 3. The van der Waals surface area contributed by atoms with Crippen LogP contribution in [0.1, 0.15) is 17.5 Å². The first kappa shape index (κ1) is 23.2. The average Bonchev–Trinajstić information content (AvgIpc) is 2.99. The lowest BCUT2D eigenvalue weighted by atomic mass is 9.85. The lowest BCUT2D eigenvalue weighted by molar-refractivity contribution is -0.0829. The number of aliphatic hydroxyl groups excluding tert-OH is 2. The van der Waals surface area contributed by atoms with Gasteiger partial charge in [0.25, 0.3) is 10.1 Å². The third-order valence-electron chi connectivity index (χ3n) is 5.47. The molecule has 0 saturated heterocycles. The molecule has 0 spiro atoms. The molecule has 9 nitrogen and oxygen atoms in total. The van der Waals surface area contributed by atoms with Crippen LogP contribution in [0.4, 0.5) is 0 Å². The van der Waals surface area contributed by atoms with Gasteiger partial charge in [-0.1, -0.05) is 53.1 Å². The first-order valence-electron chi connectivity index (χ1n) is 9.75. The molecule has 2 aromatic rings. The number of benzene rings is 2. The van der Waals surface area contributed by atoms with E-state index in [1.54, 1.807) is 12.1 Å². The van der Waals surface area contributed by atoms with Crippen LogP contribution in [-0.4, -0.2) is 50.1 Å². The Hall–Kier alpha value is -2.46. The predicted molar refractivity (Wildman–Crippen MR) is 112 cm³/mol. The maximum absolute atomic E-state index is 12.6. The van der Waals surface area contributed by atoms with Crippen LogP contribution in [0.2, 0.25) is 0 Å². The molecule has 0 heterocycles. The maximum Gasteiger partial charge on any atom is 0.296 e. The zero-order valence-corrected chi connectivity index (χ0v) is 17.9. The van der Waals surface area contributed by atoms with Gasteiger partial charge in [-0.3, -0.25) is 4.18 Å². The zero-order chi connectivity index (χ0) is 22.5. The summed E-state index contributed by atoms with van der Waals surface area (Å²) < 4.78 is 36.3. The van der Waals surface area contributed by atoms with Gasteiger partial charge in [0.2, 0.25) is 0 Å². The van der Waals surface area contributed by atoms with E-state index in [9.17, 15) is 18.6 Å². The third-order valence-corrected chi connectivity index (χ3v) is 6.75. The van der Waals surface area contributed by atoms with Crippen LogP contribution in [0, 0.1) is 12.3 Å². The Kier molecular flexibility index (Phi) is 7.32. The number of rotatable bonds is 9. The standard InChI is InChI=1S/C21H25N3O6S/c1-15-7-9-17(10-8-15)31(27,28)30-14-21(11-18(23-24-22)19(25)20(21)26)13-29-12-16-5-3-2-4-6-16/h2-10,18-20,25-26H,11-14H2,1H3. The number of aliphatic hydroxyl groups is 2. The predicted octanol–water partition coefficient (Wildman–Crippen LogP) is 2.71. The summed E-state index contributed by atoms with van der Waals surface area (Å²) in [4.78, 5) is 2.70. The molecule has 31 heavy (non-hydrogen) atoms. The van der Waals surface area contributed by atoms with Crippen LogP contribution in [0.25, 0.3) is 10.4 Å². The molecule has 0 amide bonds. The molecule has 0 aromatic heterocycles. The van der Waals surface area contributed by atoms with Gasteiger partial charge in [0.1, 0.15) is 0 Å². The van der Waals surface area contributed by atoms with Gasteiger partial charge in [-0.15, -0.1) is 0 Å². The highest BCUT2D eigenvalue weighted by atomic mass is 32.2. The van der Waals surface area contributed by atoms with Gasteiger partial charge in [0.15, 0.2) is 0 Å². The molecular formula is C21H25N3O6S. The van der Waals surface area contributed by atoms with Crippen molar-refractivity contribution < 1.29 is 27.6 Å².